The van der Waals surface area contributed by atoms with Gasteiger partial charge in [-0.15, -0.1) is 0 Å². The van der Waals surface area contributed by atoms with Gasteiger partial charge in [0.15, 0.2) is 0 Å². The maximum Gasteiger partial charge on any atom is 0.0222 e. The van der Waals surface area contributed by atoms with Crippen LogP contribution in [0.3, 0.4) is 0 Å². The first-order valence-corrected chi connectivity index (χ1v) is 4.04. The second-order valence-corrected chi connectivity index (χ2v) is 2.84. The summed E-state index contributed by atoms with van der Waals surface area (Å²) in [6.07, 6.45) is 4.95. The van der Waals surface area contributed by atoms with Crippen LogP contribution in [-0.2, 0) is 0 Å². The van der Waals surface area contributed by atoms with Gasteiger partial charge < -0.3 is 10.5 Å². The summed E-state index contributed by atoms with van der Waals surface area (Å²) < 4.78 is 0. The number of hydrogen-bond donors (Lipinski definition) is 3. The van der Waals surface area contributed by atoms with Gasteiger partial charge >= 0.3 is 0 Å². The third-order valence-electron chi connectivity index (χ3n) is 2.02. The lowest BCUT2D eigenvalue weighted by Gasteiger charge is -2.22. The molecule has 0 aliphatic carbocycles. The van der Waals surface area contributed by atoms with Gasteiger partial charge in [-0.3, -0.25) is 0 Å². The monoisotopic (exact) mass is 144 g/mol. The van der Waals surface area contributed by atoms with Gasteiger partial charge in [0.05, 0.1) is 0 Å². The first kappa shape index (κ1) is 7.98. The summed E-state index contributed by atoms with van der Waals surface area (Å²) in [5.74, 6) is 0. The third kappa shape index (κ3) is 2.64. The van der Waals surface area contributed by atoms with E-state index in [9.17, 15) is 0 Å². The average Bonchev–Trinajstić information content (AvgIpc) is 2.03. The van der Waals surface area contributed by atoms with Crippen LogP contribution in [0.15, 0.2) is 0 Å². The van der Waals surface area contributed by atoms with Gasteiger partial charge in [-0.2, -0.15) is 0 Å². The molecule has 1 aliphatic heterocycles. The second kappa shape index (κ2) is 4.66. The predicted molar refractivity (Wildman–Crippen MR) is 40.0 cm³/mol. The van der Waals surface area contributed by atoms with Crippen LogP contribution in [0.25, 0.3) is 0 Å². The molecule has 10 heavy (non-hydrogen) atoms. The van der Waals surface area contributed by atoms with Gasteiger partial charge in [0, 0.05) is 12.6 Å². The minimum atomic E-state index is 0.633. The highest BCUT2D eigenvalue weighted by Crippen LogP contribution is 2.08. The molecule has 1 unspecified atom stereocenters. The zero-order chi connectivity index (χ0) is 7.23. The quantitative estimate of drug-likeness (QED) is 0.505. The summed E-state index contributed by atoms with van der Waals surface area (Å²) >= 11 is 0. The van der Waals surface area contributed by atoms with E-state index in [0.29, 0.717) is 12.6 Å². The fourth-order valence-electron chi connectivity index (χ4n) is 1.41. The minimum absolute atomic E-state index is 0.633. The SMILES string of the molecule is ONCCC1CCCCN1. The molecule has 0 aromatic rings. The Kier molecular flexibility index (Phi) is 3.72. The third-order valence-corrected chi connectivity index (χ3v) is 2.02. The van der Waals surface area contributed by atoms with Crippen LogP contribution < -0.4 is 10.8 Å². The maximum atomic E-state index is 8.32. The Hall–Kier alpha value is -0.120. The van der Waals surface area contributed by atoms with Gasteiger partial charge in [-0.05, 0) is 25.8 Å². The first-order chi connectivity index (χ1) is 4.93. The molecule has 0 bridgehead atoms. The molecule has 1 saturated heterocycles. The Morgan fingerprint density at radius 3 is 3.00 bits per heavy atom. The van der Waals surface area contributed by atoms with Crippen LogP contribution in [0.5, 0.6) is 0 Å². The molecule has 0 spiro atoms. The van der Waals surface area contributed by atoms with E-state index in [1.807, 2.05) is 0 Å². The van der Waals surface area contributed by atoms with Crippen molar-refractivity contribution in [1.82, 2.24) is 10.8 Å². The van der Waals surface area contributed by atoms with E-state index in [0.717, 1.165) is 13.0 Å². The van der Waals surface area contributed by atoms with E-state index in [4.69, 9.17) is 5.21 Å². The van der Waals surface area contributed by atoms with Crippen LogP contribution >= 0.6 is 0 Å². The largest absolute Gasteiger partial charge is 0.317 e. The fourth-order valence-corrected chi connectivity index (χ4v) is 1.41. The average molecular weight is 144 g/mol. The summed E-state index contributed by atoms with van der Waals surface area (Å²) in [5.41, 5.74) is 2.17. The standard InChI is InChI=1S/C7H16N2O/c10-9-6-4-7-3-1-2-5-8-7/h7-10H,1-6H2. The van der Waals surface area contributed by atoms with Crippen LogP contribution in [0.4, 0.5) is 0 Å². The first-order valence-electron chi connectivity index (χ1n) is 4.04. The molecular formula is C7H16N2O. The Balaban J connectivity index is 2.02. The van der Waals surface area contributed by atoms with Crippen molar-refractivity contribution in [3.63, 3.8) is 0 Å². The van der Waals surface area contributed by atoms with E-state index in [1.54, 1.807) is 0 Å². The van der Waals surface area contributed by atoms with Gasteiger partial charge in [-0.25, -0.2) is 5.48 Å². The number of hydroxylamine groups is 1. The molecule has 1 rings (SSSR count). The van der Waals surface area contributed by atoms with E-state index >= 15 is 0 Å². The van der Waals surface area contributed by atoms with E-state index in [-0.39, 0.29) is 0 Å². The van der Waals surface area contributed by atoms with Crippen molar-refractivity contribution < 1.29 is 5.21 Å². The maximum absolute atomic E-state index is 8.32. The van der Waals surface area contributed by atoms with Crippen molar-refractivity contribution in [3.8, 4) is 0 Å². The molecular weight excluding hydrogens is 128 g/mol. The van der Waals surface area contributed by atoms with Crippen LogP contribution in [-0.4, -0.2) is 24.3 Å². The highest BCUT2D eigenvalue weighted by Gasteiger charge is 2.10. The molecule has 0 aromatic carbocycles. The molecule has 3 nitrogen and oxygen atoms in total. The van der Waals surface area contributed by atoms with E-state index in [1.165, 1.54) is 19.3 Å². The Morgan fingerprint density at radius 1 is 1.50 bits per heavy atom. The van der Waals surface area contributed by atoms with Crippen LogP contribution in [0, 0.1) is 0 Å². The topological polar surface area (TPSA) is 44.3 Å². The molecule has 1 fully saturated rings. The molecule has 3 N–H and O–H groups in total. The lowest BCUT2D eigenvalue weighted by Crippen LogP contribution is -2.35. The highest BCUT2D eigenvalue weighted by molar-refractivity contribution is 4.71. The molecule has 0 saturated carbocycles. The normalized spacial score (nSPS) is 26.7. The molecule has 1 aliphatic rings. The summed E-state index contributed by atoms with van der Waals surface area (Å²) in [6.45, 7) is 1.85. The Bertz CT molecular complexity index is 81.7. The lowest BCUT2D eigenvalue weighted by molar-refractivity contribution is 0.159. The highest BCUT2D eigenvalue weighted by atomic mass is 16.5. The second-order valence-electron chi connectivity index (χ2n) is 2.84. The van der Waals surface area contributed by atoms with Crippen molar-refractivity contribution in [2.24, 2.45) is 0 Å². The fraction of sp³-hybridized carbons (Fsp3) is 1.00. The summed E-state index contributed by atoms with van der Waals surface area (Å²) in [4.78, 5) is 0. The Morgan fingerprint density at radius 2 is 2.40 bits per heavy atom. The van der Waals surface area contributed by atoms with Gasteiger partial charge in [0.25, 0.3) is 0 Å². The summed E-state index contributed by atoms with van der Waals surface area (Å²) in [5, 5.41) is 11.7. The van der Waals surface area contributed by atoms with E-state index < -0.39 is 0 Å². The number of rotatable bonds is 3. The smallest absolute Gasteiger partial charge is 0.0222 e. The number of piperidine rings is 1. The van der Waals surface area contributed by atoms with Crippen molar-refractivity contribution in [3.05, 3.63) is 0 Å². The van der Waals surface area contributed by atoms with Gasteiger partial charge in [-0.1, -0.05) is 6.42 Å². The predicted octanol–water partition coefficient (Wildman–Crippen LogP) is 0.497. The van der Waals surface area contributed by atoms with Gasteiger partial charge in [0.1, 0.15) is 0 Å². The summed E-state index contributed by atoms with van der Waals surface area (Å²) in [7, 11) is 0. The van der Waals surface area contributed by atoms with Crippen molar-refractivity contribution >= 4 is 0 Å². The summed E-state index contributed by atoms with van der Waals surface area (Å²) in [6, 6.07) is 0.633. The van der Waals surface area contributed by atoms with Crippen LogP contribution in [0.1, 0.15) is 25.7 Å². The molecule has 3 heteroatoms. The van der Waals surface area contributed by atoms with Crippen molar-refractivity contribution in [2.75, 3.05) is 13.1 Å². The molecule has 0 amide bonds. The molecule has 1 atom stereocenters. The number of nitrogens with one attached hydrogen (secondary N) is 2. The molecule has 0 aromatic heterocycles. The zero-order valence-electron chi connectivity index (χ0n) is 6.27. The Labute approximate surface area is 61.8 Å². The van der Waals surface area contributed by atoms with Crippen molar-refractivity contribution in [2.45, 2.75) is 31.7 Å². The lowest BCUT2D eigenvalue weighted by atomic mass is 10.0. The van der Waals surface area contributed by atoms with Crippen LogP contribution in [0.2, 0.25) is 0 Å². The molecule has 0 radical (unpaired) electrons. The van der Waals surface area contributed by atoms with E-state index in [2.05, 4.69) is 10.8 Å². The minimum Gasteiger partial charge on any atom is -0.317 e. The molecule has 1 heterocycles. The van der Waals surface area contributed by atoms with Gasteiger partial charge in [0.2, 0.25) is 0 Å². The number of hydrogen-bond acceptors (Lipinski definition) is 3. The van der Waals surface area contributed by atoms with Crippen molar-refractivity contribution in [1.29, 1.82) is 0 Å². The molecule has 60 valence electrons. The zero-order valence-corrected chi connectivity index (χ0v) is 6.27.